The standard InChI is InChI=1S/C13H13ClN4OS/c14-9-3-1-2-8(6-9)7-10-17-18-12(20-10)16-11(19)13(15)4-5-13/h1-3,6H,4-5,7,15H2,(H,16,18,19). The molecular formula is C13H13ClN4OS. The van der Waals surface area contributed by atoms with Crippen LogP contribution in [-0.2, 0) is 11.2 Å². The highest BCUT2D eigenvalue weighted by Crippen LogP contribution is 2.33. The van der Waals surface area contributed by atoms with Crippen molar-refractivity contribution in [3.8, 4) is 0 Å². The number of halogens is 1. The first-order valence-corrected chi connectivity index (χ1v) is 7.42. The Balaban J connectivity index is 1.66. The molecular weight excluding hydrogens is 296 g/mol. The molecule has 1 aromatic heterocycles. The molecule has 7 heteroatoms. The summed E-state index contributed by atoms with van der Waals surface area (Å²) in [6.07, 6.45) is 2.10. The van der Waals surface area contributed by atoms with E-state index in [1.165, 1.54) is 11.3 Å². The summed E-state index contributed by atoms with van der Waals surface area (Å²) in [7, 11) is 0. The lowest BCUT2D eigenvalue weighted by Gasteiger charge is -2.05. The van der Waals surface area contributed by atoms with Crippen molar-refractivity contribution in [3.05, 3.63) is 39.9 Å². The van der Waals surface area contributed by atoms with Gasteiger partial charge in [0.2, 0.25) is 11.0 Å². The van der Waals surface area contributed by atoms with Crippen molar-refractivity contribution in [2.45, 2.75) is 24.8 Å². The van der Waals surface area contributed by atoms with Crippen LogP contribution < -0.4 is 11.1 Å². The van der Waals surface area contributed by atoms with Crippen molar-refractivity contribution in [3.63, 3.8) is 0 Å². The number of carbonyl (C=O) groups excluding carboxylic acids is 1. The van der Waals surface area contributed by atoms with Gasteiger partial charge >= 0.3 is 0 Å². The summed E-state index contributed by atoms with van der Waals surface area (Å²) in [4.78, 5) is 11.8. The summed E-state index contributed by atoms with van der Waals surface area (Å²) < 4.78 is 0. The monoisotopic (exact) mass is 308 g/mol. The van der Waals surface area contributed by atoms with E-state index in [0.717, 1.165) is 23.4 Å². The summed E-state index contributed by atoms with van der Waals surface area (Å²) in [6.45, 7) is 0. The number of aromatic nitrogens is 2. The number of benzene rings is 1. The zero-order valence-corrected chi connectivity index (χ0v) is 12.2. The molecule has 3 N–H and O–H groups in total. The number of nitrogens with two attached hydrogens (primary N) is 1. The second kappa shape index (κ2) is 5.12. The molecule has 1 heterocycles. The van der Waals surface area contributed by atoms with Crippen LogP contribution in [0, 0.1) is 0 Å². The van der Waals surface area contributed by atoms with E-state index in [1.54, 1.807) is 0 Å². The first-order valence-electron chi connectivity index (χ1n) is 6.22. The van der Waals surface area contributed by atoms with Crippen LogP contribution in [0.1, 0.15) is 23.4 Å². The molecule has 20 heavy (non-hydrogen) atoms. The van der Waals surface area contributed by atoms with E-state index in [9.17, 15) is 4.79 Å². The number of anilines is 1. The summed E-state index contributed by atoms with van der Waals surface area (Å²) in [5.41, 5.74) is 6.18. The fraction of sp³-hybridized carbons (Fsp3) is 0.308. The Kier molecular flexibility index (Phi) is 3.45. The lowest BCUT2D eigenvalue weighted by Crippen LogP contribution is -2.37. The van der Waals surface area contributed by atoms with Gasteiger partial charge in [0.25, 0.3) is 0 Å². The number of amides is 1. The average molecular weight is 309 g/mol. The van der Waals surface area contributed by atoms with E-state index >= 15 is 0 Å². The minimum atomic E-state index is -0.696. The third-order valence-electron chi connectivity index (χ3n) is 3.17. The van der Waals surface area contributed by atoms with Gasteiger partial charge in [0.15, 0.2) is 0 Å². The van der Waals surface area contributed by atoms with Gasteiger partial charge in [-0.25, -0.2) is 0 Å². The van der Waals surface area contributed by atoms with Gasteiger partial charge in [0.05, 0.1) is 5.54 Å². The van der Waals surface area contributed by atoms with Crippen molar-refractivity contribution in [2.75, 3.05) is 5.32 Å². The normalized spacial score (nSPS) is 15.9. The molecule has 0 aliphatic heterocycles. The van der Waals surface area contributed by atoms with Crippen LogP contribution in [0.4, 0.5) is 5.13 Å². The third kappa shape index (κ3) is 2.98. The Morgan fingerprint density at radius 2 is 2.25 bits per heavy atom. The highest BCUT2D eigenvalue weighted by atomic mass is 35.5. The molecule has 0 radical (unpaired) electrons. The second-order valence-electron chi connectivity index (χ2n) is 4.92. The smallest absolute Gasteiger partial charge is 0.246 e. The lowest BCUT2D eigenvalue weighted by molar-refractivity contribution is -0.118. The van der Waals surface area contributed by atoms with Crippen molar-refractivity contribution in [1.82, 2.24) is 10.2 Å². The molecule has 1 amide bonds. The van der Waals surface area contributed by atoms with Crippen LogP contribution in [0.15, 0.2) is 24.3 Å². The summed E-state index contributed by atoms with van der Waals surface area (Å²) in [6, 6.07) is 7.59. The van der Waals surface area contributed by atoms with Crippen molar-refractivity contribution in [2.24, 2.45) is 5.73 Å². The lowest BCUT2D eigenvalue weighted by atomic mass is 10.2. The molecule has 1 aliphatic rings. The van der Waals surface area contributed by atoms with Crippen LogP contribution in [0.2, 0.25) is 5.02 Å². The molecule has 1 saturated carbocycles. The molecule has 0 saturated heterocycles. The van der Waals surface area contributed by atoms with Gasteiger partial charge < -0.3 is 5.73 Å². The summed E-state index contributed by atoms with van der Waals surface area (Å²) in [5, 5.41) is 12.8. The predicted molar refractivity (Wildman–Crippen MR) is 78.9 cm³/mol. The van der Waals surface area contributed by atoms with Crippen LogP contribution >= 0.6 is 22.9 Å². The Morgan fingerprint density at radius 3 is 2.95 bits per heavy atom. The number of nitrogens with zero attached hydrogens (tertiary/aromatic N) is 2. The molecule has 2 aromatic rings. The Labute approximate surface area is 125 Å². The van der Waals surface area contributed by atoms with Gasteiger partial charge in [-0.1, -0.05) is 35.1 Å². The minimum Gasteiger partial charge on any atom is -0.317 e. The van der Waals surface area contributed by atoms with E-state index in [1.807, 2.05) is 24.3 Å². The SMILES string of the molecule is NC1(C(=O)Nc2nnc(Cc3cccc(Cl)c3)s2)CC1. The predicted octanol–water partition coefficient (Wildman–Crippen LogP) is 2.21. The molecule has 5 nitrogen and oxygen atoms in total. The fourth-order valence-corrected chi connectivity index (χ4v) is 2.76. The molecule has 104 valence electrons. The molecule has 1 fully saturated rings. The Hall–Kier alpha value is -1.50. The van der Waals surface area contributed by atoms with Gasteiger partial charge in [0.1, 0.15) is 5.01 Å². The highest BCUT2D eigenvalue weighted by molar-refractivity contribution is 7.15. The largest absolute Gasteiger partial charge is 0.317 e. The molecule has 0 bridgehead atoms. The molecule has 3 rings (SSSR count). The van der Waals surface area contributed by atoms with Crippen molar-refractivity contribution < 1.29 is 4.79 Å². The number of carbonyl (C=O) groups is 1. The molecule has 0 unspecified atom stereocenters. The van der Waals surface area contributed by atoms with E-state index < -0.39 is 5.54 Å². The molecule has 1 aromatic carbocycles. The van der Waals surface area contributed by atoms with Gasteiger partial charge in [-0.3, -0.25) is 10.1 Å². The zero-order valence-electron chi connectivity index (χ0n) is 10.6. The first kappa shape index (κ1) is 13.5. The molecule has 0 atom stereocenters. The van der Waals surface area contributed by atoms with Crippen LogP contribution in [0.5, 0.6) is 0 Å². The second-order valence-corrected chi connectivity index (χ2v) is 6.42. The summed E-state index contributed by atoms with van der Waals surface area (Å²) >= 11 is 7.29. The average Bonchev–Trinajstić information content (AvgIpc) is 3.01. The van der Waals surface area contributed by atoms with E-state index in [0.29, 0.717) is 16.6 Å². The van der Waals surface area contributed by atoms with Crippen LogP contribution in [0.25, 0.3) is 0 Å². The molecule has 0 spiro atoms. The van der Waals surface area contributed by atoms with Gasteiger partial charge in [-0.05, 0) is 30.5 Å². The Morgan fingerprint density at radius 1 is 1.45 bits per heavy atom. The maximum Gasteiger partial charge on any atom is 0.246 e. The number of rotatable bonds is 4. The number of hydrogen-bond acceptors (Lipinski definition) is 5. The van der Waals surface area contributed by atoms with Crippen LogP contribution in [-0.4, -0.2) is 21.6 Å². The first-order chi connectivity index (χ1) is 9.55. The minimum absolute atomic E-state index is 0.178. The topological polar surface area (TPSA) is 80.9 Å². The maximum absolute atomic E-state index is 11.8. The van der Waals surface area contributed by atoms with E-state index in [-0.39, 0.29) is 5.91 Å². The van der Waals surface area contributed by atoms with E-state index in [4.69, 9.17) is 17.3 Å². The molecule has 1 aliphatic carbocycles. The van der Waals surface area contributed by atoms with Gasteiger partial charge in [-0.2, -0.15) is 0 Å². The number of hydrogen-bond donors (Lipinski definition) is 2. The Bertz CT molecular complexity index is 653. The maximum atomic E-state index is 11.8. The van der Waals surface area contributed by atoms with Crippen molar-refractivity contribution >= 4 is 34.0 Å². The number of nitrogens with one attached hydrogen (secondary N) is 1. The fourth-order valence-electron chi connectivity index (χ4n) is 1.78. The highest BCUT2D eigenvalue weighted by Gasteiger charge is 2.46. The van der Waals surface area contributed by atoms with Gasteiger partial charge in [-0.15, -0.1) is 10.2 Å². The zero-order chi connectivity index (χ0) is 14.2. The van der Waals surface area contributed by atoms with E-state index in [2.05, 4.69) is 15.5 Å². The third-order valence-corrected chi connectivity index (χ3v) is 4.25. The van der Waals surface area contributed by atoms with Crippen molar-refractivity contribution in [1.29, 1.82) is 0 Å². The quantitative estimate of drug-likeness (QED) is 0.907. The van der Waals surface area contributed by atoms with Gasteiger partial charge in [0, 0.05) is 11.4 Å². The van der Waals surface area contributed by atoms with Crippen LogP contribution in [0.3, 0.4) is 0 Å². The summed E-state index contributed by atoms with van der Waals surface area (Å²) in [5.74, 6) is -0.178.